The van der Waals surface area contributed by atoms with E-state index in [0.717, 1.165) is 4.88 Å². The third kappa shape index (κ3) is 4.32. The molecule has 7 nitrogen and oxygen atoms in total. The van der Waals surface area contributed by atoms with E-state index in [9.17, 15) is 18.8 Å². The first kappa shape index (κ1) is 23.2. The van der Waals surface area contributed by atoms with E-state index < -0.39 is 17.4 Å². The van der Waals surface area contributed by atoms with Crippen LogP contribution >= 0.6 is 11.3 Å². The van der Waals surface area contributed by atoms with E-state index in [-0.39, 0.29) is 17.7 Å². The normalized spacial score (nSPS) is 20.8. The second kappa shape index (κ2) is 9.58. The number of rotatable bonds is 6. The lowest BCUT2D eigenvalue weighted by Crippen LogP contribution is -2.54. The zero-order chi connectivity index (χ0) is 24.4. The maximum Gasteiger partial charge on any atom is 0.325 e. The molecule has 3 aromatic rings. The number of carbonyl (C=O) groups is 3. The summed E-state index contributed by atoms with van der Waals surface area (Å²) in [6, 6.07) is 14.4. The predicted molar refractivity (Wildman–Crippen MR) is 129 cm³/mol. The summed E-state index contributed by atoms with van der Waals surface area (Å²) in [6.45, 7) is 1.14. The summed E-state index contributed by atoms with van der Waals surface area (Å²) < 4.78 is 13.3. The van der Waals surface area contributed by atoms with Crippen LogP contribution in [-0.2, 0) is 16.8 Å². The number of nitrogens with zero attached hydrogens (tertiary/aromatic N) is 3. The number of carbonyl (C=O) groups excluding carboxylic acids is 3. The highest BCUT2D eigenvalue weighted by atomic mass is 32.1. The molecule has 0 radical (unpaired) electrons. The Morgan fingerprint density at radius 3 is 2.51 bits per heavy atom. The van der Waals surface area contributed by atoms with Gasteiger partial charge in [-0.3, -0.25) is 19.5 Å². The topological polar surface area (TPSA) is 82.6 Å². The van der Waals surface area contributed by atoms with Crippen LogP contribution in [0.2, 0.25) is 0 Å². The highest BCUT2D eigenvalue weighted by Gasteiger charge is 2.58. The standard InChI is InChI=1S/C26H25FN4O3S/c27-20-8-6-18(7-9-20)23(32)30-14-10-19(11-15-30)26(22-5-1-2-13-28-22)24(33)31(25(34)29-26)16-12-21-4-3-17-35-21/h1-9,13,17,19H,10-12,14-16H2,(H,29,34)/t26-/m1/s1. The van der Waals surface area contributed by atoms with Crippen LogP contribution in [-0.4, -0.2) is 52.3 Å². The molecule has 5 rings (SSSR count). The van der Waals surface area contributed by atoms with Gasteiger partial charge < -0.3 is 10.2 Å². The van der Waals surface area contributed by atoms with Crippen molar-refractivity contribution in [2.75, 3.05) is 19.6 Å². The van der Waals surface area contributed by atoms with Crippen molar-refractivity contribution in [1.29, 1.82) is 0 Å². The van der Waals surface area contributed by atoms with E-state index in [0.29, 0.717) is 50.2 Å². The molecule has 0 bridgehead atoms. The Labute approximate surface area is 206 Å². The summed E-state index contributed by atoms with van der Waals surface area (Å²) in [6.07, 6.45) is 3.26. The van der Waals surface area contributed by atoms with Crippen molar-refractivity contribution in [2.45, 2.75) is 24.8 Å². The van der Waals surface area contributed by atoms with Gasteiger partial charge in [0.25, 0.3) is 11.8 Å². The monoisotopic (exact) mass is 492 g/mol. The number of thiophene rings is 1. The van der Waals surface area contributed by atoms with E-state index in [1.54, 1.807) is 34.6 Å². The fourth-order valence-corrected chi connectivity index (χ4v) is 5.72. The number of piperidine rings is 1. The highest BCUT2D eigenvalue weighted by molar-refractivity contribution is 7.09. The fourth-order valence-electron chi connectivity index (χ4n) is 5.02. The molecule has 180 valence electrons. The van der Waals surface area contributed by atoms with Crippen LogP contribution in [0.25, 0.3) is 0 Å². The Morgan fingerprint density at radius 1 is 1.09 bits per heavy atom. The van der Waals surface area contributed by atoms with Gasteiger partial charge in [0, 0.05) is 42.2 Å². The van der Waals surface area contributed by atoms with Crippen LogP contribution in [0.4, 0.5) is 9.18 Å². The van der Waals surface area contributed by atoms with E-state index in [1.807, 2.05) is 23.6 Å². The van der Waals surface area contributed by atoms with Crippen molar-refractivity contribution in [1.82, 2.24) is 20.1 Å². The van der Waals surface area contributed by atoms with Crippen molar-refractivity contribution in [3.05, 3.63) is 88.1 Å². The van der Waals surface area contributed by atoms with Gasteiger partial charge in [-0.25, -0.2) is 9.18 Å². The number of aromatic nitrogens is 1. The maximum absolute atomic E-state index is 13.9. The Balaban J connectivity index is 1.36. The van der Waals surface area contributed by atoms with Crippen LogP contribution in [0.3, 0.4) is 0 Å². The molecule has 0 spiro atoms. The molecular formula is C26H25FN4O3S. The van der Waals surface area contributed by atoms with Gasteiger partial charge in [-0.05, 0) is 67.1 Å². The van der Waals surface area contributed by atoms with E-state index >= 15 is 0 Å². The van der Waals surface area contributed by atoms with E-state index in [4.69, 9.17) is 0 Å². The lowest BCUT2D eigenvalue weighted by molar-refractivity contribution is -0.134. The van der Waals surface area contributed by atoms with Gasteiger partial charge in [-0.2, -0.15) is 0 Å². The minimum Gasteiger partial charge on any atom is -0.339 e. The number of likely N-dealkylation sites (tertiary alicyclic amines) is 1. The maximum atomic E-state index is 13.9. The average Bonchev–Trinajstić information content (AvgIpc) is 3.50. The van der Waals surface area contributed by atoms with Crippen molar-refractivity contribution < 1.29 is 18.8 Å². The SMILES string of the molecule is O=C(c1ccc(F)cc1)N1CCC([C@]2(c3ccccn3)NC(=O)N(CCc3cccs3)C2=O)CC1. The molecule has 1 N–H and O–H groups in total. The minimum absolute atomic E-state index is 0.172. The number of halogens is 1. The minimum atomic E-state index is -1.27. The molecule has 4 amide bonds. The highest BCUT2D eigenvalue weighted by Crippen LogP contribution is 2.41. The molecule has 0 saturated carbocycles. The largest absolute Gasteiger partial charge is 0.339 e. The molecule has 1 aromatic carbocycles. The van der Waals surface area contributed by atoms with E-state index in [1.165, 1.54) is 29.2 Å². The lowest BCUT2D eigenvalue weighted by Gasteiger charge is -2.40. The van der Waals surface area contributed by atoms with Crippen LogP contribution in [0.1, 0.15) is 33.8 Å². The van der Waals surface area contributed by atoms with Crippen molar-refractivity contribution >= 4 is 29.2 Å². The molecule has 2 saturated heterocycles. The van der Waals surface area contributed by atoms with Crippen LogP contribution < -0.4 is 5.32 Å². The quantitative estimate of drug-likeness (QED) is 0.531. The summed E-state index contributed by atoms with van der Waals surface area (Å²) in [5.41, 5.74) is -0.326. The van der Waals surface area contributed by atoms with Gasteiger partial charge in [0.15, 0.2) is 5.54 Å². The van der Waals surface area contributed by atoms with Gasteiger partial charge in [-0.1, -0.05) is 12.1 Å². The Bertz CT molecular complexity index is 1210. The Hall–Kier alpha value is -3.59. The number of pyridine rings is 1. The van der Waals surface area contributed by atoms with Crippen LogP contribution in [0.5, 0.6) is 0 Å². The van der Waals surface area contributed by atoms with Gasteiger partial charge in [0.2, 0.25) is 0 Å². The summed E-state index contributed by atoms with van der Waals surface area (Å²) in [5, 5.41) is 4.97. The number of hydrogen-bond acceptors (Lipinski definition) is 5. The van der Waals surface area contributed by atoms with Gasteiger partial charge in [0.05, 0.1) is 5.69 Å². The third-order valence-electron chi connectivity index (χ3n) is 6.85. The second-order valence-corrected chi connectivity index (χ2v) is 9.84. The van der Waals surface area contributed by atoms with E-state index in [2.05, 4.69) is 10.3 Å². The molecular weight excluding hydrogens is 467 g/mol. The molecule has 1 atom stereocenters. The average molecular weight is 493 g/mol. The number of nitrogens with one attached hydrogen (secondary N) is 1. The first-order valence-electron chi connectivity index (χ1n) is 11.6. The first-order chi connectivity index (χ1) is 17.0. The summed E-state index contributed by atoms with van der Waals surface area (Å²) >= 11 is 1.59. The molecule has 4 heterocycles. The molecule has 0 aliphatic carbocycles. The van der Waals surface area contributed by atoms with Crippen molar-refractivity contribution in [2.24, 2.45) is 5.92 Å². The molecule has 2 aliphatic heterocycles. The molecule has 2 aliphatic rings. The number of benzene rings is 1. The summed E-state index contributed by atoms with van der Waals surface area (Å²) in [4.78, 5) is 48.4. The Kier molecular flexibility index (Phi) is 6.34. The number of amides is 4. The predicted octanol–water partition coefficient (Wildman–Crippen LogP) is 3.82. The van der Waals surface area contributed by atoms with Crippen molar-refractivity contribution in [3.63, 3.8) is 0 Å². The number of urea groups is 1. The molecule has 2 fully saturated rings. The molecule has 9 heteroatoms. The molecule has 35 heavy (non-hydrogen) atoms. The number of imide groups is 1. The summed E-state index contributed by atoms with van der Waals surface area (Å²) in [7, 11) is 0. The second-order valence-electron chi connectivity index (χ2n) is 8.81. The zero-order valence-corrected chi connectivity index (χ0v) is 19.8. The third-order valence-corrected chi connectivity index (χ3v) is 7.78. The van der Waals surface area contributed by atoms with Gasteiger partial charge >= 0.3 is 6.03 Å². The number of hydrogen-bond donors (Lipinski definition) is 1. The smallest absolute Gasteiger partial charge is 0.325 e. The summed E-state index contributed by atoms with van der Waals surface area (Å²) in [5.74, 6) is -1.08. The van der Waals surface area contributed by atoms with Gasteiger partial charge in [0.1, 0.15) is 5.82 Å². The first-order valence-corrected chi connectivity index (χ1v) is 12.5. The molecule has 0 unspecified atom stereocenters. The van der Waals surface area contributed by atoms with Crippen LogP contribution in [0.15, 0.2) is 66.2 Å². The fraction of sp³-hybridized carbons (Fsp3) is 0.308. The molecule has 2 aromatic heterocycles. The zero-order valence-electron chi connectivity index (χ0n) is 19.0. The lowest BCUT2D eigenvalue weighted by atomic mass is 9.75. The van der Waals surface area contributed by atoms with Crippen molar-refractivity contribution in [3.8, 4) is 0 Å². The van der Waals surface area contributed by atoms with Crippen LogP contribution in [0, 0.1) is 11.7 Å². The van der Waals surface area contributed by atoms with Gasteiger partial charge in [-0.15, -0.1) is 11.3 Å². The Morgan fingerprint density at radius 2 is 1.86 bits per heavy atom.